The van der Waals surface area contributed by atoms with Crippen LogP contribution in [0, 0.1) is 0 Å². The lowest BCUT2D eigenvalue weighted by molar-refractivity contribution is -0.439. The van der Waals surface area contributed by atoms with Gasteiger partial charge in [-0.05, 0) is 13.5 Å². The highest BCUT2D eigenvalue weighted by Crippen LogP contribution is 2.45. The number of aliphatic hydroxyl groups excluding tert-OH is 8. The average Bonchev–Trinajstić information content (AvgIpc) is 3.27. The van der Waals surface area contributed by atoms with Gasteiger partial charge in [-0.25, -0.2) is 0 Å². The van der Waals surface area contributed by atoms with Gasteiger partial charge >= 0.3 is 5.97 Å². The molecular formula is C20H37N3O13. The fourth-order valence-corrected chi connectivity index (χ4v) is 5.23. The van der Waals surface area contributed by atoms with Crippen molar-refractivity contribution in [1.82, 2.24) is 5.32 Å². The quantitative estimate of drug-likeness (QED) is 0.153. The molecule has 0 aromatic rings. The van der Waals surface area contributed by atoms with E-state index < -0.39 is 111 Å². The van der Waals surface area contributed by atoms with Gasteiger partial charge in [0.25, 0.3) is 0 Å². The molecule has 13 N–H and O–H groups in total. The summed E-state index contributed by atoms with van der Waals surface area (Å²) in [6.07, 6.45) is -17.7. The lowest BCUT2D eigenvalue weighted by Gasteiger charge is -2.46. The molecule has 4 fully saturated rings. The van der Waals surface area contributed by atoms with Crippen LogP contribution in [0.15, 0.2) is 0 Å². The predicted octanol–water partition coefficient (Wildman–Crippen LogP) is -7.27. The van der Waals surface area contributed by atoms with Crippen molar-refractivity contribution in [3.05, 3.63) is 0 Å². The molecule has 1 saturated carbocycles. The molecule has 4 aliphatic rings. The third kappa shape index (κ3) is 4.68. The van der Waals surface area contributed by atoms with E-state index in [1.807, 2.05) is 0 Å². The number of ether oxygens (including phenoxy) is 5. The van der Waals surface area contributed by atoms with Crippen LogP contribution in [0.2, 0.25) is 0 Å². The Hall–Kier alpha value is -0.640. The summed E-state index contributed by atoms with van der Waals surface area (Å²) in [5, 5.41) is 85.6. The van der Waals surface area contributed by atoms with E-state index in [-0.39, 0.29) is 6.42 Å². The first-order valence-corrected chi connectivity index (χ1v) is 11.8. The highest BCUT2D eigenvalue weighted by Gasteiger charge is 2.67. The van der Waals surface area contributed by atoms with Gasteiger partial charge in [-0.2, -0.15) is 0 Å². The highest BCUT2D eigenvalue weighted by atomic mass is 16.9. The van der Waals surface area contributed by atoms with Crippen molar-refractivity contribution in [3.8, 4) is 0 Å². The largest absolute Gasteiger partial charge is 0.395 e. The minimum absolute atomic E-state index is 0.254. The van der Waals surface area contributed by atoms with Gasteiger partial charge < -0.3 is 81.3 Å². The second-order valence-corrected chi connectivity index (χ2v) is 9.72. The second kappa shape index (κ2) is 10.9. The third-order valence-corrected chi connectivity index (χ3v) is 7.42. The molecule has 3 saturated heterocycles. The van der Waals surface area contributed by atoms with Crippen LogP contribution in [0.1, 0.15) is 6.42 Å². The molecule has 1 aliphatic carbocycles. The normalized spacial score (nSPS) is 54.4. The van der Waals surface area contributed by atoms with E-state index >= 15 is 0 Å². The van der Waals surface area contributed by atoms with Crippen LogP contribution < -0.4 is 16.8 Å². The van der Waals surface area contributed by atoms with Crippen LogP contribution in [0.3, 0.4) is 0 Å². The fraction of sp³-hybridized carbons (Fsp3) is 1.00. The fourth-order valence-electron chi connectivity index (χ4n) is 5.23. The Balaban J connectivity index is 1.62. The lowest BCUT2D eigenvalue weighted by Crippen LogP contribution is -2.69. The minimum atomic E-state index is -2.48. The number of nitrogens with two attached hydrogens (primary N) is 2. The molecule has 3 heterocycles. The first-order chi connectivity index (χ1) is 17.0. The smallest absolute Gasteiger partial charge is 0.314 e. The number of rotatable bonds is 6. The van der Waals surface area contributed by atoms with Crippen molar-refractivity contribution in [2.45, 2.75) is 104 Å². The molecule has 0 radical (unpaired) electrons. The minimum Gasteiger partial charge on any atom is -0.395 e. The molecule has 16 nitrogen and oxygen atoms in total. The van der Waals surface area contributed by atoms with Crippen molar-refractivity contribution in [3.63, 3.8) is 0 Å². The zero-order chi connectivity index (χ0) is 26.5. The van der Waals surface area contributed by atoms with Crippen LogP contribution in [0.5, 0.6) is 0 Å². The van der Waals surface area contributed by atoms with Gasteiger partial charge in [0.15, 0.2) is 12.4 Å². The maximum Gasteiger partial charge on any atom is 0.314 e. The molecule has 0 aromatic heterocycles. The first-order valence-electron chi connectivity index (χ1n) is 11.8. The van der Waals surface area contributed by atoms with E-state index in [4.69, 9.17) is 35.2 Å². The molecule has 210 valence electrons. The number of likely N-dealkylation sites (N-methyl/N-ethyl adjacent to an activating group) is 1. The lowest BCUT2D eigenvalue weighted by atomic mass is 9.84. The van der Waals surface area contributed by atoms with Crippen LogP contribution in [-0.2, 0) is 23.7 Å². The number of hydrogen-bond acceptors (Lipinski definition) is 16. The summed E-state index contributed by atoms with van der Waals surface area (Å²) in [6.45, 7) is -1.33. The van der Waals surface area contributed by atoms with Crippen molar-refractivity contribution in [2.75, 3.05) is 20.3 Å². The van der Waals surface area contributed by atoms with E-state index in [1.54, 1.807) is 7.05 Å². The van der Waals surface area contributed by atoms with E-state index in [9.17, 15) is 40.9 Å². The molecule has 4 rings (SSSR count). The molecule has 1 spiro atoms. The highest BCUT2D eigenvalue weighted by molar-refractivity contribution is 5.05. The summed E-state index contributed by atoms with van der Waals surface area (Å²) in [6, 6.07) is -2.50. The average molecular weight is 528 g/mol. The van der Waals surface area contributed by atoms with Crippen molar-refractivity contribution >= 4 is 0 Å². The van der Waals surface area contributed by atoms with Crippen molar-refractivity contribution in [1.29, 1.82) is 0 Å². The van der Waals surface area contributed by atoms with E-state index in [1.165, 1.54) is 0 Å². The molecule has 7 unspecified atom stereocenters. The van der Waals surface area contributed by atoms with E-state index in [0.29, 0.717) is 0 Å². The second-order valence-electron chi connectivity index (χ2n) is 9.72. The molecule has 0 bridgehead atoms. The Labute approximate surface area is 206 Å². The monoisotopic (exact) mass is 527 g/mol. The standard InChI is InChI=1S/C20H37N3O13/c1-23-7-2-5(21)9(26)15(10(7)27)33-19-17-16(11(28)8(4-25)32-19)35-20(36-17)18(31)13(30)12(29)14(34-20)6(22)3-24/h5-19,23-31H,2-4,21-22H2,1H3/t5?,6-,7?,8+,9?,10+,11?,12+,13?,14+,15+,16-,17-,18?,19-,20?/m0/s1. The van der Waals surface area contributed by atoms with E-state index in [2.05, 4.69) is 5.32 Å². The first kappa shape index (κ1) is 28.4. The van der Waals surface area contributed by atoms with Crippen LogP contribution >= 0.6 is 0 Å². The molecular weight excluding hydrogens is 490 g/mol. The summed E-state index contributed by atoms with van der Waals surface area (Å²) >= 11 is 0. The summed E-state index contributed by atoms with van der Waals surface area (Å²) in [7, 11) is 1.60. The van der Waals surface area contributed by atoms with Gasteiger partial charge in [-0.15, -0.1) is 0 Å². The van der Waals surface area contributed by atoms with Crippen LogP contribution in [-0.4, -0.2) is 159 Å². The SMILES string of the molecule is CNC1CC(N)C(O)[C@@H](O[C@@H]2O[C@H](CO)C(O)[C@@H]3OC4(O[C@H]23)O[C@H]([C@@H](N)CO)[C@H](O)C(O)C4O)[C@@H]1O. The predicted molar refractivity (Wildman–Crippen MR) is 115 cm³/mol. The molecule has 16 heteroatoms. The summed E-state index contributed by atoms with van der Waals surface area (Å²) in [5.74, 6) is -2.48. The topological polar surface area (TPSA) is 272 Å². The third-order valence-electron chi connectivity index (χ3n) is 7.42. The Morgan fingerprint density at radius 2 is 1.61 bits per heavy atom. The van der Waals surface area contributed by atoms with Gasteiger partial charge in [0.05, 0.1) is 31.5 Å². The van der Waals surface area contributed by atoms with Crippen molar-refractivity contribution < 1.29 is 64.5 Å². The zero-order valence-electron chi connectivity index (χ0n) is 19.6. The van der Waals surface area contributed by atoms with Crippen LogP contribution in [0.25, 0.3) is 0 Å². The molecule has 16 atom stereocenters. The Bertz CT molecular complexity index is 756. The maximum absolute atomic E-state index is 10.7. The molecule has 0 amide bonds. The number of nitrogens with one attached hydrogen (secondary N) is 1. The molecule has 3 aliphatic heterocycles. The van der Waals surface area contributed by atoms with Gasteiger partial charge in [-0.3, -0.25) is 0 Å². The number of hydrogen-bond donors (Lipinski definition) is 11. The Morgan fingerprint density at radius 1 is 0.944 bits per heavy atom. The van der Waals surface area contributed by atoms with Crippen LogP contribution in [0.4, 0.5) is 0 Å². The maximum atomic E-state index is 10.7. The number of aliphatic hydroxyl groups is 8. The molecule has 36 heavy (non-hydrogen) atoms. The van der Waals surface area contributed by atoms with Crippen molar-refractivity contribution in [2.24, 2.45) is 11.5 Å². The zero-order valence-corrected chi connectivity index (χ0v) is 19.6. The summed E-state index contributed by atoms with van der Waals surface area (Å²) in [5.41, 5.74) is 11.8. The summed E-state index contributed by atoms with van der Waals surface area (Å²) < 4.78 is 28.7. The summed E-state index contributed by atoms with van der Waals surface area (Å²) in [4.78, 5) is 0. The van der Waals surface area contributed by atoms with Gasteiger partial charge in [0, 0.05) is 12.1 Å². The van der Waals surface area contributed by atoms with Gasteiger partial charge in [0.1, 0.15) is 48.8 Å². The molecule has 0 aromatic carbocycles. The number of fused-ring (bicyclic) bond motifs is 1. The van der Waals surface area contributed by atoms with Gasteiger partial charge in [0.2, 0.25) is 0 Å². The van der Waals surface area contributed by atoms with E-state index in [0.717, 1.165) is 0 Å². The Kier molecular flexibility index (Phi) is 8.55. The van der Waals surface area contributed by atoms with Gasteiger partial charge in [-0.1, -0.05) is 0 Å². The Morgan fingerprint density at radius 3 is 2.22 bits per heavy atom.